The number of fused-ring (bicyclic) bond motifs is 3. The molecule has 1 aliphatic carbocycles. The maximum Gasteiger partial charge on any atom is 0.245 e. The summed E-state index contributed by atoms with van der Waals surface area (Å²) in [5.41, 5.74) is 8.35. The van der Waals surface area contributed by atoms with Crippen LogP contribution in [-0.2, 0) is 24.2 Å². The number of primary amides is 1. The first-order chi connectivity index (χ1) is 7.25. The van der Waals surface area contributed by atoms with E-state index in [-0.39, 0.29) is 5.91 Å². The van der Waals surface area contributed by atoms with Crippen molar-refractivity contribution in [2.24, 2.45) is 5.73 Å². The molecule has 1 aliphatic heterocycles. The van der Waals surface area contributed by atoms with Crippen LogP contribution >= 0.6 is 0 Å². The number of rotatable bonds is 1. The Labute approximate surface area is 87.1 Å². The summed E-state index contributed by atoms with van der Waals surface area (Å²) in [4.78, 5) is 11.0. The minimum absolute atomic E-state index is 0.343. The summed E-state index contributed by atoms with van der Waals surface area (Å²) in [7, 11) is 0. The van der Waals surface area contributed by atoms with Gasteiger partial charge in [-0.15, -0.1) is 0 Å². The molecule has 1 amide bonds. The summed E-state index contributed by atoms with van der Waals surface area (Å²) in [6, 6.07) is 0. The lowest BCUT2D eigenvalue weighted by Gasteiger charge is -2.12. The zero-order valence-electron chi connectivity index (χ0n) is 8.30. The van der Waals surface area contributed by atoms with Crippen molar-refractivity contribution in [3.63, 3.8) is 0 Å². The number of nitrogens with one attached hydrogen (secondary N) is 1. The number of amides is 1. The van der Waals surface area contributed by atoms with Gasteiger partial charge in [-0.1, -0.05) is 0 Å². The molecule has 0 saturated heterocycles. The van der Waals surface area contributed by atoms with Crippen molar-refractivity contribution < 1.29 is 9.21 Å². The van der Waals surface area contributed by atoms with Gasteiger partial charge in [-0.05, 0) is 19.0 Å². The first-order valence-corrected chi connectivity index (χ1v) is 5.10. The van der Waals surface area contributed by atoms with Gasteiger partial charge in [0.05, 0.1) is 6.54 Å². The number of carbonyl (C=O) groups is 1. The van der Waals surface area contributed by atoms with Crippen molar-refractivity contribution in [1.82, 2.24) is 5.32 Å². The standard InChI is InChI=1S/C11H12N2O2/c12-11(14)6-3-8-7-1-2-13-5-10(7)15-9(8)4-6/h4,13H,1-3,5H2,(H2,12,14). The lowest BCUT2D eigenvalue weighted by atomic mass is 10.0. The van der Waals surface area contributed by atoms with Crippen LogP contribution in [0, 0.1) is 0 Å². The van der Waals surface area contributed by atoms with Gasteiger partial charge in [0.25, 0.3) is 0 Å². The van der Waals surface area contributed by atoms with Gasteiger partial charge in [0, 0.05) is 23.1 Å². The molecule has 2 aliphatic rings. The predicted molar refractivity (Wildman–Crippen MR) is 55.0 cm³/mol. The SMILES string of the molecule is NC(=O)C1=Cc2oc3c(c2C1)CCNC3. The fourth-order valence-corrected chi connectivity index (χ4v) is 2.29. The smallest absolute Gasteiger partial charge is 0.245 e. The Bertz CT molecular complexity index is 471. The van der Waals surface area contributed by atoms with Gasteiger partial charge < -0.3 is 15.5 Å². The molecular weight excluding hydrogens is 192 g/mol. The van der Waals surface area contributed by atoms with Crippen molar-refractivity contribution >= 4 is 12.0 Å². The van der Waals surface area contributed by atoms with Gasteiger partial charge in [0.2, 0.25) is 5.91 Å². The third kappa shape index (κ3) is 1.22. The maximum absolute atomic E-state index is 11.0. The lowest BCUT2D eigenvalue weighted by molar-refractivity contribution is -0.114. The fraction of sp³-hybridized carbons (Fsp3) is 0.364. The highest BCUT2D eigenvalue weighted by Gasteiger charge is 2.27. The second kappa shape index (κ2) is 2.97. The minimum Gasteiger partial charge on any atom is -0.460 e. The summed E-state index contributed by atoms with van der Waals surface area (Å²) in [6.45, 7) is 1.77. The van der Waals surface area contributed by atoms with E-state index in [9.17, 15) is 4.79 Å². The predicted octanol–water partition coefficient (Wildman–Crippen LogP) is 0.350. The molecule has 4 nitrogen and oxygen atoms in total. The highest BCUT2D eigenvalue weighted by Crippen LogP contribution is 2.33. The Balaban J connectivity index is 2.04. The zero-order chi connectivity index (χ0) is 10.4. The van der Waals surface area contributed by atoms with Crippen LogP contribution in [0.5, 0.6) is 0 Å². The van der Waals surface area contributed by atoms with Crippen LogP contribution in [0.15, 0.2) is 9.99 Å². The Hall–Kier alpha value is -1.55. The van der Waals surface area contributed by atoms with Crippen molar-refractivity contribution in [1.29, 1.82) is 0 Å². The Morgan fingerprint density at radius 1 is 1.47 bits per heavy atom. The van der Waals surface area contributed by atoms with Crippen molar-refractivity contribution in [2.75, 3.05) is 6.54 Å². The third-order valence-electron chi connectivity index (χ3n) is 3.06. The minimum atomic E-state index is -0.343. The molecule has 1 aromatic heterocycles. The van der Waals surface area contributed by atoms with Crippen LogP contribution < -0.4 is 11.1 Å². The summed E-state index contributed by atoms with van der Waals surface area (Å²) >= 11 is 0. The second-order valence-electron chi connectivity index (χ2n) is 3.98. The molecule has 0 unspecified atom stereocenters. The molecule has 0 spiro atoms. The molecule has 1 aromatic rings. The number of nitrogens with two attached hydrogens (primary N) is 1. The Kier molecular flexibility index (Phi) is 1.73. The first kappa shape index (κ1) is 8.73. The van der Waals surface area contributed by atoms with E-state index in [1.807, 2.05) is 0 Å². The molecule has 2 heterocycles. The number of furan rings is 1. The van der Waals surface area contributed by atoms with Crippen LogP contribution in [0.2, 0.25) is 0 Å². The van der Waals surface area contributed by atoms with Gasteiger partial charge in [0.15, 0.2) is 0 Å². The molecule has 15 heavy (non-hydrogen) atoms. The van der Waals surface area contributed by atoms with E-state index >= 15 is 0 Å². The maximum atomic E-state index is 11.0. The number of hydrogen-bond donors (Lipinski definition) is 2. The van der Waals surface area contributed by atoms with Crippen LogP contribution in [0.25, 0.3) is 6.08 Å². The monoisotopic (exact) mass is 204 g/mol. The van der Waals surface area contributed by atoms with E-state index in [1.165, 1.54) is 11.1 Å². The first-order valence-electron chi connectivity index (χ1n) is 5.10. The largest absolute Gasteiger partial charge is 0.460 e. The van der Waals surface area contributed by atoms with Gasteiger partial charge in [0.1, 0.15) is 11.5 Å². The Morgan fingerprint density at radius 3 is 3.13 bits per heavy atom. The van der Waals surface area contributed by atoms with Gasteiger partial charge in [-0.2, -0.15) is 0 Å². The molecule has 0 fully saturated rings. The molecule has 3 rings (SSSR count). The molecule has 3 N–H and O–H groups in total. The molecule has 0 radical (unpaired) electrons. The van der Waals surface area contributed by atoms with E-state index in [2.05, 4.69) is 5.32 Å². The molecule has 0 aromatic carbocycles. The Morgan fingerprint density at radius 2 is 2.33 bits per heavy atom. The second-order valence-corrected chi connectivity index (χ2v) is 3.98. The van der Waals surface area contributed by atoms with E-state index in [4.69, 9.17) is 10.2 Å². The average molecular weight is 204 g/mol. The van der Waals surface area contributed by atoms with Crippen LogP contribution in [0.1, 0.15) is 22.6 Å². The summed E-state index contributed by atoms with van der Waals surface area (Å²) in [6.07, 6.45) is 3.40. The molecule has 0 atom stereocenters. The summed E-state index contributed by atoms with van der Waals surface area (Å²) < 4.78 is 5.68. The van der Waals surface area contributed by atoms with Gasteiger partial charge in [-0.25, -0.2) is 0 Å². The fourth-order valence-electron chi connectivity index (χ4n) is 2.29. The molecule has 4 heteroatoms. The summed E-state index contributed by atoms with van der Waals surface area (Å²) in [5.74, 6) is 1.51. The third-order valence-corrected chi connectivity index (χ3v) is 3.06. The zero-order valence-corrected chi connectivity index (χ0v) is 8.30. The van der Waals surface area contributed by atoms with Crippen LogP contribution in [-0.4, -0.2) is 12.5 Å². The van der Waals surface area contributed by atoms with Crippen LogP contribution in [0.4, 0.5) is 0 Å². The molecule has 0 bridgehead atoms. The van der Waals surface area contributed by atoms with Gasteiger partial charge in [-0.3, -0.25) is 4.79 Å². The van der Waals surface area contributed by atoms with E-state index < -0.39 is 0 Å². The van der Waals surface area contributed by atoms with E-state index in [0.29, 0.717) is 12.0 Å². The highest BCUT2D eigenvalue weighted by atomic mass is 16.3. The van der Waals surface area contributed by atoms with Crippen LogP contribution in [0.3, 0.4) is 0 Å². The molecular formula is C11H12N2O2. The average Bonchev–Trinajstić information content (AvgIpc) is 2.73. The summed E-state index contributed by atoms with van der Waals surface area (Å²) in [5, 5.41) is 3.26. The van der Waals surface area contributed by atoms with Crippen molar-refractivity contribution in [3.05, 3.63) is 28.2 Å². The lowest BCUT2D eigenvalue weighted by Crippen LogP contribution is -2.23. The highest BCUT2D eigenvalue weighted by molar-refractivity contribution is 5.98. The molecule has 0 saturated carbocycles. The number of carbonyl (C=O) groups excluding carboxylic acids is 1. The van der Waals surface area contributed by atoms with Crippen molar-refractivity contribution in [2.45, 2.75) is 19.4 Å². The van der Waals surface area contributed by atoms with E-state index in [1.54, 1.807) is 6.08 Å². The van der Waals surface area contributed by atoms with Crippen molar-refractivity contribution in [3.8, 4) is 0 Å². The normalized spacial score (nSPS) is 18.3. The quantitative estimate of drug-likeness (QED) is 0.693. The van der Waals surface area contributed by atoms with E-state index in [0.717, 1.165) is 31.0 Å². The molecule has 78 valence electrons. The number of hydrogen-bond acceptors (Lipinski definition) is 3. The van der Waals surface area contributed by atoms with Gasteiger partial charge >= 0.3 is 0 Å². The topological polar surface area (TPSA) is 68.3 Å².